The average Bonchev–Trinajstić information content (AvgIpc) is 2.75. The van der Waals surface area contributed by atoms with Crippen molar-refractivity contribution in [3.8, 4) is 0 Å². The van der Waals surface area contributed by atoms with Crippen molar-refractivity contribution in [2.75, 3.05) is 6.54 Å². The van der Waals surface area contributed by atoms with E-state index in [4.69, 9.17) is 21.7 Å². The van der Waals surface area contributed by atoms with Crippen molar-refractivity contribution < 1.29 is 39.0 Å². The molecule has 0 aromatic heterocycles. The molecule has 0 aliphatic rings. The van der Waals surface area contributed by atoms with E-state index in [0.29, 0.717) is 5.56 Å². The van der Waals surface area contributed by atoms with Gasteiger partial charge >= 0.3 is 11.9 Å². The number of carboxylic acids is 2. The van der Waals surface area contributed by atoms with Gasteiger partial charge in [-0.05, 0) is 12.0 Å². The maximum atomic E-state index is 12.6. The Morgan fingerprint density at radius 1 is 0.909 bits per heavy atom. The molecule has 0 fully saturated rings. The molecule has 180 valence electrons. The second-order valence-electron chi connectivity index (χ2n) is 7.14. The van der Waals surface area contributed by atoms with Crippen molar-refractivity contribution in [3.05, 3.63) is 35.9 Å². The number of carbonyl (C=O) groups is 6. The first-order chi connectivity index (χ1) is 15.5. The molecule has 1 aromatic carbocycles. The van der Waals surface area contributed by atoms with Crippen LogP contribution in [0.3, 0.4) is 0 Å². The van der Waals surface area contributed by atoms with Gasteiger partial charge in [0.2, 0.25) is 23.6 Å². The van der Waals surface area contributed by atoms with Gasteiger partial charge in [0, 0.05) is 12.8 Å². The molecule has 3 unspecified atom stereocenters. The fourth-order valence-corrected chi connectivity index (χ4v) is 2.68. The van der Waals surface area contributed by atoms with Gasteiger partial charge in [-0.25, -0.2) is 4.79 Å². The van der Waals surface area contributed by atoms with E-state index in [1.165, 1.54) is 0 Å². The maximum absolute atomic E-state index is 12.6. The van der Waals surface area contributed by atoms with Crippen molar-refractivity contribution in [1.82, 2.24) is 16.0 Å². The van der Waals surface area contributed by atoms with Crippen LogP contribution in [0.5, 0.6) is 0 Å². The van der Waals surface area contributed by atoms with Gasteiger partial charge in [-0.2, -0.15) is 0 Å². The Kier molecular flexibility index (Phi) is 11.0. The van der Waals surface area contributed by atoms with Gasteiger partial charge in [-0.15, -0.1) is 0 Å². The number of amides is 4. The first kappa shape index (κ1) is 27.0. The summed E-state index contributed by atoms with van der Waals surface area (Å²) in [6, 6.07) is 4.75. The molecule has 13 heteroatoms. The number of carbonyl (C=O) groups excluding carboxylic acids is 4. The number of carboxylic acid groups (broad SMARTS) is 2. The van der Waals surface area contributed by atoms with Crippen LogP contribution in [0.15, 0.2) is 30.3 Å². The summed E-state index contributed by atoms with van der Waals surface area (Å²) in [6.45, 7) is -0.656. The molecule has 0 heterocycles. The predicted molar refractivity (Wildman–Crippen MR) is 113 cm³/mol. The minimum Gasteiger partial charge on any atom is -0.481 e. The Labute approximate surface area is 188 Å². The fourth-order valence-electron chi connectivity index (χ4n) is 2.68. The van der Waals surface area contributed by atoms with E-state index >= 15 is 0 Å². The topological polar surface area (TPSA) is 231 Å². The molecule has 0 radical (unpaired) electrons. The summed E-state index contributed by atoms with van der Waals surface area (Å²) in [5, 5.41) is 24.4. The lowest BCUT2D eigenvalue weighted by Gasteiger charge is -2.21. The quantitative estimate of drug-likeness (QED) is 0.153. The molecule has 0 saturated carbocycles. The van der Waals surface area contributed by atoms with Gasteiger partial charge < -0.3 is 37.6 Å². The Morgan fingerprint density at radius 2 is 1.55 bits per heavy atom. The van der Waals surface area contributed by atoms with Crippen molar-refractivity contribution in [1.29, 1.82) is 0 Å². The number of hydrogen-bond donors (Lipinski definition) is 7. The van der Waals surface area contributed by atoms with Gasteiger partial charge in [0.25, 0.3) is 0 Å². The largest absolute Gasteiger partial charge is 0.481 e. The molecule has 4 amide bonds. The van der Waals surface area contributed by atoms with E-state index in [0.717, 1.165) is 0 Å². The van der Waals surface area contributed by atoms with E-state index in [9.17, 15) is 28.8 Å². The molecule has 0 aliphatic heterocycles. The van der Waals surface area contributed by atoms with Crippen molar-refractivity contribution in [2.24, 2.45) is 11.5 Å². The average molecular weight is 465 g/mol. The zero-order valence-electron chi connectivity index (χ0n) is 17.7. The summed E-state index contributed by atoms with van der Waals surface area (Å²) < 4.78 is 0. The van der Waals surface area contributed by atoms with Gasteiger partial charge in [0.05, 0.1) is 19.0 Å². The Bertz CT molecular complexity index is 876. The van der Waals surface area contributed by atoms with Crippen LogP contribution in [0.4, 0.5) is 0 Å². The molecule has 1 rings (SSSR count). The first-order valence-corrected chi connectivity index (χ1v) is 9.89. The fraction of sp³-hybridized carbons (Fsp3) is 0.400. The van der Waals surface area contributed by atoms with Crippen molar-refractivity contribution in [3.63, 3.8) is 0 Å². The smallest absolute Gasteiger partial charge is 0.326 e. The number of nitrogens with one attached hydrogen (secondary N) is 3. The second kappa shape index (κ2) is 13.4. The molecule has 3 atom stereocenters. The van der Waals surface area contributed by atoms with Crippen LogP contribution in [0.25, 0.3) is 0 Å². The number of primary amides is 1. The Hall–Kier alpha value is -4.00. The summed E-state index contributed by atoms with van der Waals surface area (Å²) in [6.07, 6.45) is -0.932. The lowest BCUT2D eigenvalue weighted by atomic mass is 10.0. The van der Waals surface area contributed by atoms with Gasteiger partial charge in [0.15, 0.2) is 0 Å². The Morgan fingerprint density at radius 3 is 2.09 bits per heavy atom. The van der Waals surface area contributed by atoms with E-state index in [-0.39, 0.29) is 19.3 Å². The molecular weight excluding hydrogens is 438 g/mol. The lowest BCUT2D eigenvalue weighted by molar-refractivity contribution is -0.147. The third kappa shape index (κ3) is 10.7. The second-order valence-corrected chi connectivity index (χ2v) is 7.14. The van der Waals surface area contributed by atoms with Gasteiger partial charge in [-0.3, -0.25) is 24.0 Å². The summed E-state index contributed by atoms with van der Waals surface area (Å²) in [4.78, 5) is 69.6. The minimum absolute atomic E-state index is 0.0244. The molecule has 33 heavy (non-hydrogen) atoms. The van der Waals surface area contributed by atoms with Gasteiger partial charge in [-0.1, -0.05) is 30.3 Å². The molecule has 0 aliphatic carbocycles. The highest BCUT2D eigenvalue weighted by Crippen LogP contribution is 2.05. The van der Waals surface area contributed by atoms with Crippen LogP contribution >= 0.6 is 0 Å². The van der Waals surface area contributed by atoms with E-state index < -0.39 is 66.7 Å². The molecule has 0 spiro atoms. The summed E-state index contributed by atoms with van der Waals surface area (Å²) >= 11 is 0. The predicted octanol–water partition coefficient (Wildman–Crippen LogP) is -2.53. The van der Waals surface area contributed by atoms with Crippen molar-refractivity contribution in [2.45, 2.75) is 43.8 Å². The maximum Gasteiger partial charge on any atom is 0.326 e. The van der Waals surface area contributed by atoms with Crippen molar-refractivity contribution >= 4 is 35.6 Å². The zero-order valence-corrected chi connectivity index (χ0v) is 17.7. The Balaban J connectivity index is 2.79. The molecule has 9 N–H and O–H groups in total. The molecule has 1 aromatic rings. The van der Waals surface area contributed by atoms with Crippen LogP contribution in [0.2, 0.25) is 0 Å². The van der Waals surface area contributed by atoms with Crippen LogP contribution in [-0.2, 0) is 35.2 Å². The highest BCUT2D eigenvalue weighted by atomic mass is 16.4. The summed E-state index contributed by atoms with van der Waals surface area (Å²) in [5.41, 5.74) is 11.5. The normalized spacial score (nSPS) is 13.1. The number of nitrogens with two attached hydrogens (primary N) is 2. The van der Waals surface area contributed by atoms with Crippen LogP contribution < -0.4 is 27.4 Å². The van der Waals surface area contributed by atoms with Gasteiger partial charge in [0.1, 0.15) is 12.1 Å². The van der Waals surface area contributed by atoms with E-state index in [1.807, 2.05) is 5.32 Å². The SMILES string of the molecule is NC(=O)CCC(N)C(=O)NC(Cc1ccccc1)C(=O)NCC(=O)NC(CC(=O)O)C(=O)O. The van der Waals surface area contributed by atoms with Crippen LogP contribution in [-0.4, -0.2) is 70.5 Å². The standard InChI is InChI=1S/C20H27N5O8/c21-12(6-7-15(22)26)18(30)25-13(8-11-4-2-1-3-5-11)19(31)23-10-16(27)24-14(20(32)33)9-17(28)29/h1-5,12-14H,6-10,21H2,(H2,22,26)(H,23,31)(H,24,27)(H,25,30)(H,28,29)(H,32,33). The summed E-state index contributed by atoms with van der Waals surface area (Å²) in [5.74, 6) is -6.00. The number of hydrogen-bond acceptors (Lipinski definition) is 7. The number of aliphatic carboxylic acids is 2. The lowest BCUT2D eigenvalue weighted by Crippen LogP contribution is -2.54. The first-order valence-electron chi connectivity index (χ1n) is 9.89. The third-order valence-electron chi connectivity index (χ3n) is 4.39. The molecule has 0 saturated heterocycles. The number of rotatable bonds is 14. The van der Waals surface area contributed by atoms with Crippen LogP contribution in [0.1, 0.15) is 24.8 Å². The highest BCUT2D eigenvalue weighted by molar-refractivity contribution is 5.93. The molecular formula is C20H27N5O8. The summed E-state index contributed by atoms with van der Waals surface area (Å²) in [7, 11) is 0. The zero-order chi connectivity index (χ0) is 25.0. The van der Waals surface area contributed by atoms with Crippen LogP contribution in [0, 0.1) is 0 Å². The third-order valence-corrected chi connectivity index (χ3v) is 4.39. The highest BCUT2D eigenvalue weighted by Gasteiger charge is 2.26. The monoisotopic (exact) mass is 465 g/mol. The molecule has 0 bridgehead atoms. The minimum atomic E-state index is -1.67. The molecule has 13 nitrogen and oxygen atoms in total. The van der Waals surface area contributed by atoms with E-state index in [2.05, 4.69) is 10.6 Å². The number of benzene rings is 1. The van der Waals surface area contributed by atoms with E-state index in [1.54, 1.807) is 30.3 Å².